The van der Waals surface area contributed by atoms with Gasteiger partial charge in [0.1, 0.15) is 6.61 Å². The van der Waals surface area contributed by atoms with Crippen LogP contribution in [0.5, 0.6) is 5.75 Å². The molecule has 5 heteroatoms. The minimum absolute atomic E-state index is 0.165. The number of rotatable bonds is 3. The van der Waals surface area contributed by atoms with Crippen molar-refractivity contribution in [1.82, 2.24) is 0 Å². The molecular formula is C8H7F3O2. The second-order valence-electron chi connectivity index (χ2n) is 2.25. The number of aliphatic hydroxyl groups is 1. The molecule has 1 aromatic rings. The number of aliphatic hydroxyl groups excluding tert-OH is 1. The molecule has 0 amide bonds. The van der Waals surface area contributed by atoms with Gasteiger partial charge in [0.05, 0.1) is 6.61 Å². The van der Waals surface area contributed by atoms with Gasteiger partial charge in [-0.05, 0) is 12.1 Å². The summed E-state index contributed by atoms with van der Waals surface area (Å²) in [5.41, 5.74) is 0. The Labute approximate surface area is 72.6 Å². The number of ether oxygens (including phenoxy) is 1. The molecule has 1 N–H and O–H groups in total. The van der Waals surface area contributed by atoms with Crippen LogP contribution in [0.2, 0.25) is 0 Å². The SMILES string of the molecule is OCCOc1ccc(F)c(F)c1F. The molecule has 0 aromatic heterocycles. The molecule has 72 valence electrons. The van der Waals surface area contributed by atoms with Crippen LogP contribution in [0.1, 0.15) is 0 Å². The van der Waals surface area contributed by atoms with Gasteiger partial charge in [-0.2, -0.15) is 4.39 Å². The summed E-state index contributed by atoms with van der Waals surface area (Å²) in [6, 6.07) is 1.72. The van der Waals surface area contributed by atoms with Gasteiger partial charge in [0, 0.05) is 0 Å². The molecule has 0 saturated heterocycles. The molecule has 0 spiro atoms. The van der Waals surface area contributed by atoms with Gasteiger partial charge in [0.25, 0.3) is 0 Å². The van der Waals surface area contributed by atoms with E-state index >= 15 is 0 Å². The Morgan fingerprint density at radius 3 is 2.46 bits per heavy atom. The van der Waals surface area contributed by atoms with Crippen LogP contribution in [0.4, 0.5) is 13.2 Å². The maximum absolute atomic E-state index is 12.8. The van der Waals surface area contributed by atoms with Crippen LogP contribution < -0.4 is 4.74 Å². The number of benzene rings is 1. The first-order valence-corrected chi connectivity index (χ1v) is 3.54. The molecule has 0 heterocycles. The summed E-state index contributed by atoms with van der Waals surface area (Å²) >= 11 is 0. The van der Waals surface area contributed by atoms with Crippen molar-refractivity contribution in [3.05, 3.63) is 29.6 Å². The molecule has 0 unspecified atom stereocenters. The maximum atomic E-state index is 12.8. The molecule has 1 rings (SSSR count). The molecule has 0 bridgehead atoms. The lowest BCUT2D eigenvalue weighted by atomic mass is 10.3. The number of hydrogen-bond donors (Lipinski definition) is 1. The Kier molecular flexibility index (Phi) is 3.13. The summed E-state index contributed by atoms with van der Waals surface area (Å²) in [5, 5.41) is 8.33. The monoisotopic (exact) mass is 192 g/mol. The number of hydrogen-bond acceptors (Lipinski definition) is 2. The van der Waals surface area contributed by atoms with Crippen molar-refractivity contribution in [2.45, 2.75) is 0 Å². The first kappa shape index (κ1) is 9.85. The van der Waals surface area contributed by atoms with Gasteiger partial charge in [-0.25, -0.2) is 8.78 Å². The minimum atomic E-state index is -1.57. The topological polar surface area (TPSA) is 29.5 Å². The highest BCUT2D eigenvalue weighted by Gasteiger charge is 2.13. The molecule has 0 radical (unpaired) electrons. The van der Waals surface area contributed by atoms with E-state index in [1.54, 1.807) is 0 Å². The van der Waals surface area contributed by atoms with E-state index in [9.17, 15) is 13.2 Å². The lowest BCUT2D eigenvalue weighted by molar-refractivity contribution is 0.194. The standard InChI is InChI=1S/C8H7F3O2/c9-5-1-2-6(13-4-3-12)8(11)7(5)10/h1-2,12H,3-4H2. The van der Waals surface area contributed by atoms with Crippen molar-refractivity contribution in [2.75, 3.05) is 13.2 Å². The van der Waals surface area contributed by atoms with Gasteiger partial charge in [0.2, 0.25) is 5.82 Å². The smallest absolute Gasteiger partial charge is 0.203 e. The molecule has 0 aliphatic carbocycles. The van der Waals surface area contributed by atoms with Crippen LogP contribution in [0.25, 0.3) is 0 Å². The van der Waals surface area contributed by atoms with Crippen LogP contribution in [0, 0.1) is 17.5 Å². The second kappa shape index (κ2) is 4.13. The lowest BCUT2D eigenvalue weighted by Crippen LogP contribution is -2.04. The largest absolute Gasteiger partial charge is 0.488 e. The average Bonchev–Trinajstić information content (AvgIpc) is 2.13. The van der Waals surface area contributed by atoms with Crippen molar-refractivity contribution in [3.8, 4) is 5.75 Å². The van der Waals surface area contributed by atoms with Gasteiger partial charge in [-0.3, -0.25) is 0 Å². The first-order chi connectivity index (χ1) is 6.16. The highest BCUT2D eigenvalue weighted by Crippen LogP contribution is 2.21. The quantitative estimate of drug-likeness (QED) is 0.735. The first-order valence-electron chi connectivity index (χ1n) is 3.54. The van der Waals surface area contributed by atoms with Crippen LogP contribution >= 0.6 is 0 Å². The van der Waals surface area contributed by atoms with Gasteiger partial charge in [0.15, 0.2) is 17.4 Å². The Bertz CT molecular complexity index is 302. The maximum Gasteiger partial charge on any atom is 0.203 e. The molecule has 0 atom stereocenters. The lowest BCUT2D eigenvalue weighted by Gasteiger charge is -2.05. The molecule has 0 saturated carbocycles. The highest BCUT2D eigenvalue weighted by molar-refractivity contribution is 5.26. The Morgan fingerprint density at radius 2 is 1.85 bits per heavy atom. The highest BCUT2D eigenvalue weighted by atomic mass is 19.2. The normalized spacial score (nSPS) is 10.2. The van der Waals surface area contributed by atoms with E-state index in [-0.39, 0.29) is 13.2 Å². The van der Waals surface area contributed by atoms with Crippen LogP contribution in [-0.2, 0) is 0 Å². The summed E-state index contributed by atoms with van der Waals surface area (Å²) in [5.74, 6) is -4.63. The van der Waals surface area contributed by atoms with E-state index in [0.717, 1.165) is 12.1 Å². The van der Waals surface area contributed by atoms with Crippen molar-refractivity contribution in [2.24, 2.45) is 0 Å². The Hall–Kier alpha value is -1.23. The average molecular weight is 192 g/mol. The van der Waals surface area contributed by atoms with Crippen molar-refractivity contribution in [3.63, 3.8) is 0 Å². The summed E-state index contributed by atoms with van der Waals surface area (Å²) in [6.07, 6.45) is 0. The second-order valence-corrected chi connectivity index (χ2v) is 2.25. The molecule has 0 aliphatic rings. The predicted molar refractivity (Wildman–Crippen MR) is 38.9 cm³/mol. The van der Waals surface area contributed by atoms with E-state index in [2.05, 4.69) is 4.74 Å². The van der Waals surface area contributed by atoms with Crippen LogP contribution in [-0.4, -0.2) is 18.3 Å². The Morgan fingerprint density at radius 1 is 1.15 bits per heavy atom. The fraction of sp³-hybridized carbons (Fsp3) is 0.250. The van der Waals surface area contributed by atoms with E-state index in [1.807, 2.05) is 0 Å². The molecule has 13 heavy (non-hydrogen) atoms. The van der Waals surface area contributed by atoms with Gasteiger partial charge >= 0.3 is 0 Å². The van der Waals surface area contributed by atoms with E-state index < -0.39 is 23.2 Å². The molecule has 2 nitrogen and oxygen atoms in total. The van der Waals surface area contributed by atoms with Crippen molar-refractivity contribution >= 4 is 0 Å². The molecule has 1 aromatic carbocycles. The fourth-order valence-corrected chi connectivity index (χ4v) is 0.775. The van der Waals surface area contributed by atoms with E-state index in [0.29, 0.717) is 0 Å². The van der Waals surface area contributed by atoms with Crippen LogP contribution in [0.3, 0.4) is 0 Å². The van der Waals surface area contributed by atoms with Gasteiger partial charge < -0.3 is 9.84 Å². The predicted octanol–water partition coefficient (Wildman–Crippen LogP) is 1.47. The zero-order valence-electron chi connectivity index (χ0n) is 6.56. The Balaban J connectivity index is 2.90. The summed E-state index contributed by atoms with van der Waals surface area (Å²) in [6.45, 7) is -0.486. The zero-order chi connectivity index (χ0) is 9.84. The summed E-state index contributed by atoms with van der Waals surface area (Å²) in [7, 11) is 0. The fourth-order valence-electron chi connectivity index (χ4n) is 0.775. The van der Waals surface area contributed by atoms with Gasteiger partial charge in [-0.15, -0.1) is 0 Å². The van der Waals surface area contributed by atoms with E-state index in [1.165, 1.54) is 0 Å². The van der Waals surface area contributed by atoms with Gasteiger partial charge in [-0.1, -0.05) is 0 Å². The molecular weight excluding hydrogens is 185 g/mol. The van der Waals surface area contributed by atoms with Crippen molar-refractivity contribution in [1.29, 1.82) is 0 Å². The third-order valence-electron chi connectivity index (χ3n) is 1.35. The van der Waals surface area contributed by atoms with Crippen LogP contribution in [0.15, 0.2) is 12.1 Å². The zero-order valence-corrected chi connectivity index (χ0v) is 6.56. The van der Waals surface area contributed by atoms with Crippen molar-refractivity contribution < 1.29 is 23.0 Å². The molecule has 0 aliphatic heterocycles. The third-order valence-corrected chi connectivity index (χ3v) is 1.35. The minimum Gasteiger partial charge on any atom is -0.488 e. The van der Waals surface area contributed by atoms with E-state index in [4.69, 9.17) is 5.11 Å². The summed E-state index contributed by atoms with van der Waals surface area (Å²) < 4.78 is 42.2. The molecule has 0 fully saturated rings. The number of halogens is 3. The summed E-state index contributed by atoms with van der Waals surface area (Å²) in [4.78, 5) is 0. The third kappa shape index (κ3) is 2.12.